The zero-order valence-corrected chi connectivity index (χ0v) is 19.3. The fourth-order valence-electron chi connectivity index (χ4n) is 5.02. The minimum atomic E-state index is -0.312. The van der Waals surface area contributed by atoms with Crippen LogP contribution in [0.3, 0.4) is 0 Å². The molecule has 0 unspecified atom stereocenters. The van der Waals surface area contributed by atoms with Gasteiger partial charge in [-0.3, -0.25) is 19.2 Å². The summed E-state index contributed by atoms with van der Waals surface area (Å²) in [6.07, 6.45) is 0. The van der Waals surface area contributed by atoms with E-state index in [0.717, 1.165) is 0 Å². The van der Waals surface area contributed by atoms with Gasteiger partial charge in [0.2, 0.25) is 0 Å². The summed E-state index contributed by atoms with van der Waals surface area (Å²) in [6.45, 7) is 0. The van der Waals surface area contributed by atoms with Crippen LogP contribution < -0.4 is 21.7 Å². The Labute approximate surface area is 202 Å². The number of fused-ring (bicyclic) bond motifs is 8. The minimum absolute atomic E-state index is 0.193. The van der Waals surface area contributed by atoms with Crippen LogP contribution in [0.15, 0.2) is 90.4 Å². The zero-order chi connectivity index (χ0) is 24.0. The van der Waals surface area contributed by atoms with Crippen molar-refractivity contribution in [3.05, 3.63) is 112 Å². The van der Waals surface area contributed by atoms with Crippen LogP contribution in [-0.2, 0) is 0 Å². The Morgan fingerprint density at radius 3 is 1.54 bits per heavy atom. The van der Waals surface area contributed by atoms with Gasteiger partial charge in [-0.2, -0.15) is 0 Å². The van der Waals surface area contributed by atoms with Crippen LogP contribution in [0.4, 0.5) is 0 Å². The van der Waals surface area contributed by atoms with Crippen molar-refractivity contribution in [1.82, 2.24) is 9.97 Å². The van der Waals surface area contributed by atoms with Crippen LogP contribution in [0.5, 0.6) is 0 Å². The largest absolute Gasteiger partial charge is 0.289 e. The van der Waals surface area contributed by atoms with Gasteiger partial charge in [-0.25, -0.2) is 9.97 Å². The highest BCUT2D eigenvalue weighted by atomic mass is 79.9. The van der Waals surface area contributed by atoms with Gasteiger partial charge >= 0.3 is 0 Å². The first-order valence-corrected chi connectivity index (χ1v) is 11.6. The third kappa shape index (κ3) is 2.53. The molecular formula is C28H11BrN2O4. The summed E-state index contributed by atoms with van der Waals surface area (Å²) in [4.78, 5) is 62.6. The number of benzene rings is 6. The molecule has 35 heavy (non-hydrogen) atoms. The molecule has 0 aliphatic rings. The second-order valence-corrected chi connectivity index (χ2v) is 9.31. The van der Waals surface area contributed by atoms with E-state index in [1.165, 1.54) is 0 Å². The molecule has 0 spiro atoms. The molecule has 0 radical (unpaired) electrons. The van der Waals surface area contributed by atoms with Crippen LogP contribution >= 0.6 is 15.9 Å². The predicted octanol–water partition coefficient (Wildman–Crippen LogP) is 4.47. The number of hydrogen-bond donors (Lipinski definition) is 0. The summed E-state index contributed by atoms with van der Waals surface area (Å²) in [5, 5.41) is 2.25. The minimum Gasteiger partial charge on any atom is -0.289 e. The van der Waals surface area contributed by atoms with Crippen molar-refractivity contribution in [2.45, 2.75) is 0 Å². The highest BCUT2D eigenvalue weighted by Gasteiger charge is 2.19. The van der Waals surface area contributed by atoms with E-state index in [1.54, 1.807) is 66.7 Å². The third-order valence-corrected chi connectivity index (χ3v) is 7.28. The Hall–Kier alpha value is -4.36. The van der Waals surface area contributed by atoms with Gasteiger partial charge in [0.25, 0.3) is 0 Å². The molecule has 6 aromatic carbocycles. The molecule has 6 nitrogen and oxygen atoms in total. The van der Waals surface area contributed by atoms with Gasteiger partial charge < -0.3 is 0 Å². The summed E-state index contributed by atoms with van der Waals surface area (Å²) in [5.74, 6) is 0. The van der Waals surface area contributed by atoms with E-state index >= 15 is 0 Å². The first kappa shape index (κ1) is 20.1. The van der Waals surface area contributed by atoms with Gasteiger partial charge in [0, 0.05) is 36.8 Å². The first-order chi connectivity index (χ1) is 17.0. The standard InChI is InChI=1S/C28H11BrN2O4/c29-17-7-3-6-14-20(17)27(34)16-9-11-19-24(22(16)28(14)35)31-18-10-8-15-21(23(18)30-19)26(33)13-5-2-1-4-12(13)25(15)32/h1-11H. The number of halogens is 1. The number of aromatic nitrogens is 2. The predicted molar refractivity (Wildman–Crippen MR) is 142 cm³/mol. The van der Waals surface area contributed by atoms with E-state index in [-0.39, 0.29) is 48.8 Å². The molecule has 0 fully saturated rings. The molecule has 7 aromatic rings. The van der Waals surface area contributed by atoms with Gasteiger partial charge in [0.15, 0.2) is 21.7 Å². The molecule has 0 atom stereocenters. The molecule has 7 heteroatoms. The molecule has 0 aliphatic heterocycles. The van der Waals surface area contributed by atoms with Crippen molar-refractivity contribution in [3.63, 3.8) is 0 Å². The number of hydrogen-bond acceptors (Lipinski definition) is 6. The van der Waals surface area contributed by atoms with Gasteiger partial charge in [-0.1, -0.05) is 52.3 Å². The van der Waals surface area contributed by atoms with Crippen LogP contribution in [0.25, 0.3) is 65.2 Å². The van der Waals surface area contributed by atoms with Crippen molar-refractivity contribution >= 4 is 81.1 Å². The van der Waals surface area contributed by atoms with Crippen LogP contribution in [0.1, 0.15) is 0 Å². The van der Waals surface area contributed by atoms with Crippen molar-refractivity contribution in [1.29, 1.82) is 0 Å². The number of rotatable bonds is 0. The summed E-state index contributed by atoms with van der Waals surface area (Å²) < 4.78 is 0.554. The fraction of sp³-hybridized carbons (Fsp3) is 0. The Morgan fingerprint density at radius 2 is 0.914 bits per heavy atom. The summed E-state index contributed by atoms with van der Waals surface area (Å²) in [6, 6.07) is 18.1. The van der Waals surface area contributed by atoms with Crippen molar-refractivity contribution < 1.29 is 0 Å². The van der Waals surface area contributed by atoms with Gasteiger partial charge in [-0.15, -0.1) is 0 Å². The quantitative estimate of drug-likeness (QED) is 0.217. The van der Waals surface area contributed by atoms with Gasteiger partial charge in [0.1, 0.15) is 11.0 Å². The van der Waals surface area contributed by atoms with Crippen molar-refractivity contribution in [3.8, 4) is 0 Å². The van der Waals surface area contributed by atoms with Gasteiger partial charge in [-0.05, 0) is 30.3 Å². The lowest BCUT2D eigenvalue weighted by molar-refractivity contribution is 1.41. The summed E-state index contributed by atoms with van der Waals surface area (Å²) >= 11 is 3.38. The molecule has 1 heterocycles. The molecule has 0 saturated heterocycles. The van der Waals surface area contributed by atoms with Gasteiger partial charge in [0.05, 0.1) is 21.8 Å². The lowest BCUT2D eigenvalue weighted by Crippen LogP contribution is -2.15. The summed E-state index contributed by atoms with van der Waals surface area (Å²) in [5.41, 5.74) is 0.190. The van der Waals surface area contributed by atoms with E-state index in [9.17, 15) is 19.2 Å². The van der Waals surface area contributed by atoms with E-state index < -0.39 is 0 Å². The van der Waals surface area contributed by atoms with E-state index in [4.69, 9.17) is 0 Å². The molecular weight excluding hydrogens is 508 g/mol. The molecule has 1 aromatic heterocycles. The Bertz CT molecular complexity index is 2320. The SMILES string of the molecule is O=c1c2ccccc2c(=O)c2c1ccc1nc3c(ccc4c(=O)c5c(Br)cccc5c(=O)c43)nc12. The second-order valence-electron chi connectivity index (χ2n) is 8.46. The smallest absolute Gasteiger partial charge is 0.196 e. The lowest BCUT2D eigenvalue weighted by Gasteiger charge is -2.08. The maximum atomic E-state index is 13.5. The maximum Gasteiger partial charge on any atom is 0.196 e. The highest BCUT2D eigenvalue weighted by Crippen LogP contribution is 2.28. The van der Waals surface area contributed by atoms with Crippen molar-refractivity contribution in [2.75, 3.05) is 0 Å². The molecule has 7 rings (SSSR count). The topological polar surface area (TPSA) is 94.1 Å². The maximum absolute atomic E-state index is 13.5. The molecule has 0 aliphatic carbocycles. The Kier molecular flexibility index (Phi) is 3.92. The molecule has 0 saturated carbocycles. The Morgan fingerprint density at radius 1 is 0.457 bits per heavy atom. The van der Waals surface area contributed by atoms with E-state index in [1.807, 2.05) is 0 Å². The first-order valence-electron chi connectivity index (χ1n) is 10.8. The molecule has 164 valence electrons. The highest BCUT2D eigenvalue weighted by molar-refractivity contribution is 9.10. The van der Waals surface area contributed by atoms with E-state index in [2.05, 4.69) is 25.9 Å². The molecule has 0 amide bonds. The van der Waals surface area contributed by atoms with E-state index in [0.29, 0.717) is 42.6 Å². The third-order valence-electron chi connectivity index (χ3n) is 6.62. The number of nitrogens with zero attached hydrogens (tertiary/aromatic N) is 2. The van der Waals surface area contributed by atoms with Crippen molar-refractivity contribution in [2.24, 2.45) is 0 Å². The summed E-state index contributed by atoms with van der Waals surface area (Å²) in [7, 11) is 0. The van der Waals surface area contributed by atoms with Crippen LogP contribution in [0.2, 0.25) is 0 Å². The average molecular weight is 519 g/mol. The zero-order valence-electron chi connectivity index (χ0n) is 17.8. The lowest BCUT2D eigenvalue weighted by atomic mass is 9.99. The Balaban J connectivity index is 1.72. The second kappa shape index (κ2) is 6.84. The van der Waals surface area contributed by atoms with Crippen LogP contribution in [0, 0.1) is 0 Å². The fourth-order valence-corrected chi connectivity index (χ4v) is 5.56. The molecule has 0 N–H and O–H groups in total. The average Bonchev–Trinajstić information content (AvgIpc) is 2.88. The monoisotopic (exact) mass is 518 g/mol. The van der Waals surface area contributed by atoms with Crippen LogP contribution in [-0.4, -0.2) is 9.97 Å². The normalized spacial score (nSPS) is 12.0. The molecule has 0 bridgehead atoms.